The molecule has 1 unspecified atom stereocenters. The fourth-order valence-corrected chi connectivity index (χ4v) is 2.39. The Bertz CT molecular complexity index is 404. The molecule has 0 aromatic rings. The molecule has 1 fully saturated rings. The predicted molar refractivity (Wildman–Crippen MR) is 79.7 cm³/mol. The molecule has 1 amide bonds. The van der Waals surface area contributed by atoms with Gasteiger partial charge in [0.15, 0.2) is 0 Å². The largest absolute Gasteiger partial charge is 0.445 e. The van der Waals surface area contributed by atoms with Crippen molar-refractivity contribution < 1.29 is 14.3 Å². The summed E-state index contributed by atoms with van der Waals surface area (Å²) in [5, 5.41) is -0.372. The third-order valence-electron chi connectivity index (χ3n) is 3.21. The van der Waals surface area contributed by atoms with Gasteiger partial charge in [0.2, 0.25) is 5.24 Å². The molecule has 112 valence electrons. The summed E-state index contributed by atoms with van der Waals surface area (Å²) in [6.07, 6.45) is 7.91. The highest BCUT2D eigenvalue weighted by Gasteiger charge is 2.28. The Morgan fingerprint density at radius 1 is 1.45 bits per heavy atom. The lowest BCUT2D eigenvalue weighted by Crippen LogP contribution is -2.42. The zero-order valence-corrected chi connectivity index (χ0v) is 12.9. The van der Waals surface area contributed by atoms with E-state index in [1.807, 2.05) is 32.1 Å². The lowest BCUT2D eigenvalue weighted by molar-refractivity contribution is -0.116. The van der Waals surface area contributed by atoms with Crippen molar-refractivity contribution in [3.8, 4) is 0 Å². The third-order valence-corrected chi connectivity index (χ3v) is 3.52. The molecule has 0 aromatic heterocycles. The van der Waals surface area contributed by atoms with E-state index in [4.69, 9.17) is 16.3 Å². The smallest absolute Gasteiger partial charge is 0.410 e. The standard InChI is InChI=1S/C15H22ClNO3/c1-3-6-12(7-4-2)11-20-15(19)17-9-5-8-13(10-17)14(16)18/h3,6-7,13H,4-5,8-11H2,1-2H3/b6-3-,12-7+. The van der Waals surface area contributed by atoms with E-state index in [1.165, 1.54) is 0 Å². The molecule has 5 heteroatoms. The number of allylic oxidation sites excluding steroid dienone is 2. The maximum Gasteiger partial charge on any atom is 0.410 e. The van der Waals surface area contributed by atoms with Crippen LogP contribution in [0, 0.1) is 5.92 Å². The second-order valence-corrected chi connectivity index (χ2v) is 5.20. The van der Waals surface area contributed by atoms with Crippen LogP contribution in [0.3, 0.4) is 0 Å². The lowest BCUT2D eigenvalue weighted by Gasteiger charge is -2.30. The summed E-state index contributed by atoms with van der Waals surface area (Å²) in [5.74, 6) is -0.265. The van der Waals surface area contributed by atoms with Gasteiger partial charge in [-0.2, -0.15) is 0 Å². The van der Waals surface area contributed by atoms with Crippen LogP contribution in [-0.4, -0.2) is 35.9 Å². The van der Waals surface area contributed by atoms with E-state index in [0.717, 1.165) is 24.8 Å². The van der Waals surface area contributed by atoms with Gasteiger partial charge in [0, 0.05) is 13.1 Å². The van der Waals surface area contributed by atoms with Crippen LogP contribution in [-0.2, 0) is 9.53 Å². The van der Waals surface area contributed by atoms with Crippen LogP contribution in [0.1, 0.15) is 33.1 Å². The molecule has 1 aliphatic heterocycles. The molecule has 1 rings (SSSR count). The van der Waals surface area contributed by atoms with Crippen LogP contribution >= 0.6 is 11.6 Å². The average Bonchev–Trinajstić information content (AvgIpc) is 2.45. The van der Waals surface area contributed by atoms with E-state index in [-0.39, 0.29) is 23.9 Å². The van der Waals surface area contributed by atoms with Crippen molar-refractivity contribution in [1.29, 1.82) is 0 Å². The Morgan fingerprint density at radius 3 is 2.80 bits per heavy atom. The summed E-state index contributed by atoms with van der Waals surface area (Å²) < 4.78 is 5.29. The molecule has 0 saturated carbocycles. The predicted octanol–water partition coefficient (Wildman–Crippen LogP) is 3.51. The number of likely N-dealkylation sites (tertiary alicyclic amines) is 1. The SMILES string of the molecule is C/C=C\C(=C/CC)COC(=O)N1CCCC(C(=O)Cl)C1. The summed E-state index contributed by atoms with van der Waals surface area (Å²) >= 11 is 5.50. The van der Waals surface area contributed by atoms with Gasteiger partial charge < -0.3 is 9.64 Å². The topological polar surface area (TPSA) is 46.6 Å². The van der Waals surface area contributed by atoms with Gasteiger partial charge in [-0.25, -0.2) is 4.79 Å². The third kappa shape index (κ3) is 5.37. The van der Waals surface area contributed by atoms with Crippen LogP contribution in [0.2, 0.25) is 0 Å². The zero-order chi connectivity index (χ0) is 15.0. The molecule has 4 nitrogen and oxygen atoms in total. The summed E-state index contributed by atoms with van der Waals surface area (Å²) in [5.41, 5.74) is 0.977. The highest BCUT2D eigenvalue weighted by molar-refractivity contribution is 6.64. The van der Waals surface area contributed by atoms with Crippen molar-refractivity contribution in [3.05, 3.63) is 23.8 Å². The Hall–Kier alpha value is -1.29. The average molecular weight is 300 g/mol. The molecule has 0 aliphatic carbocycles. The van der Waals surface area contributed by atoms with Gasteiger partial charge in [0.1, 0.15) is 6.61 Å². The molecule has 0 spiro atoms. The number of hydrogen-bond acceptors (Lipinski definition) is 3. The van der Waals surface area contributed by atoms with Crippen LogP contribution < -0.4 is 0 Å². The highest BCUT2D eigenvalue weighted by Crippen LogP contribution is 2.19. The molecule has 0 bridgehead atoms. The van der Waals surface area contributed by atoms with Crippen molar-refractivity contribution >= 4 is 22.9 Å². The number of ether oxygens (including phenoxy) is 1. The van der Waals surface area contributed by atoms with Gasteiger partial charge >= 0.3 is 6.09 Å². The first kappa shape index (κ1) is 16.8. The van der Waals surface area contributed by atoms with E-state index in [2.05, 4.69) is 0 Å². The van der Waals surface area contributed by atoms with E-state index in [0.29, 0.717) is 13.1 Å². The van der Waals surface area contributed by atoms with Gasteiger partial charge in [-0.05, 0) is 43.4 Å². The van der Waals surface area contributed by atoms with Crippen molar-refractivity contribution in [3.63, 3.8) is 0 Å². The molecule has 0 aromatic carbocycles. The Morgan fingerprint density at radius 2 is 2.20 bits per heavy atom. The molecule has 0 N–H and O–H groups in total. The number of hydrogen-bond donors (Lipinski definition) is 0. The summed E-state index contributed by atoms with van der Waals surface area (Å²) in [7, 11) is 0. The maximum absolute atomic E-state index is 12.0. The van der Waals surface area contributed by atoms with Crippen LogP contribution in [0.4, 0.5) is 4.79 Å². The van der Waals surface area contributed by atoms with Crippen LogP contribution in [0.25, 0.3) is 0 Å². The number of carbonyl (C=O) groups excluding carboxylic acids is 2. The fraction of sp³-hybridized carbons (Fsp3) is 0.600. The van der Waals surface area contributed by atoms with Gasteiger partial charge in [0.05, 0.1) is 5.92 Å². The summed E-state index contributed by atoms with van der Waals surface area (Å²) in [6, 6.07) is 0. The highest BCUT2D eigenvalue weighted by atomic mass is 35.5. The molecule has 0 radical (unpaired) electrons. The van der Waals surface area contributed by atoms with Crippen LogP contribution in [0.15, 0.2) is 23.8 Å². The number of nitrogens with zero attached hydrogens (tertiary/aromatic N) is 1. The van der Waals surface area contributed by atoms with Crippen molar-refractivity contribution in [2.75, 3.05) is 19.7 Å². The van der Waals surface area contributed by atoms with Gasteiger partial charge in [-0.3, -0.25) is 4.79 Å². The van der Waals surface area contributed by atoms with Gasteiger partial charge in [-0.15, -0.1) is 0 Å². The van der Waals surface area contributed by atoms with Gasteiger partial charge in [-0.1, -0.05) is 25.2 Å². The minimum Gasteiger partial charge on any atom is -0.445 e. The van der Waals surface area contributed by atoms with Gasteiger partial charge in [0.25, 0.3) is 0 Å². The Kier molecular flexibility index (Phi) is 7.37. The first-order chi connectivity index (χ1) is 9.58. The fourth-order valence-electron chi connectivity index (χ4n) is 2.22. The quantitative estimate of drug-likeness (QED) is 0.576. The van der Waals surface area contributed by atoms with E-state index in [1.54, 1.807) is 4.90 Å². The summed E-state index contributed by atoms with van der Waals surface area (Å²) in [6.45, 7) is 5.19. The van der Waals surface area contributed by atoms with E-state index < -0.39 is 0 Å². The molecule has 1 saturated heterocycles. The minimum atomic E-state index is -0.376. The number of amides is 1. The molecular formula is C15H22ClNO3. The molecule has 1 heterocycles. The van der Waals surface area contributed by atoms with Crippen LogP contribution in [0.5, 0.6) is 0 Å². The number of piperidine rings is 1. The number of halogens is 1. The normalized spacial score (nSPS) is 20.2. The molecular weight excluding hydrogens is 278 g/mol. The maximum atomic E-state index is 12.0. The van der Waals surface area contributed by atoms with Crippen molar-refractivity contribution in [1.82, 2.24) is 4.90 Å². The first-order valence-electron chi connectivity index (χ1n) is 7.01. The second kappa shape index (κ2) is 8.80. The monoisotopic (exact) mass is 299 g/mol. The van der Waals surface area contributed by atoms with E-state index >= 15 is 0 Å². The second-order valence-electron chi connectivity index (χ2n) is 4.83. The van der Waals surface area contributed by atoms with Crippen molar-refractivity contribution in [2.45, 2.75) is 33.1 Å². The van der Waals surface area contributed by atoms with E-state index in [9.17, 15) is 9.59 Å². The minimum absolute atomic E-state index is 0.257. The molecule has 1 aliphatic rings. The summed E-state index contributed by atoms with van der Waals surface area (Å²) in [4.78, 5) is 24.7. The molecule has 20 heavy (non-hydrogen) atoms. The Balaban J connectivity index is 2.49. The molecule has 1 atom stereocenters. The van der Waals surface area contributed by atoms with Crippen molar-refractivity contribution in [2.24, 2.45) is 5.92 Å². The lowest BCUT2D eigenvalue weighted by atomic mass is 10.00. The Labute approximate surface area is 125 Å². The number of rotatable bonds is 5. The number of carbonyl (C=O) groups is 2. The first-order valence-corrected chi connectivity index (χ1v) is 7.39. The zero-order valence-electron chi connectivity index (χ0n) is 12.1.